The van der Waals surface area contributed by atoms with Crippen LogP contribution in [0.25, 0.3) is 11.4 Å². The van der Waals surface area contributed by atoms with Crippen LogP contribution in [0.15, 0.2) is 42.7 Å². The Morgan fingerprint density at radius 1 is 1.00 bits per heavy atom. The Kier molecular flexibility index (Phi) is 4.26. The van der Waals surface area contributed by atoms with E-state index in [1.54, 1.807) is 12.4 Å². The van der Waals surface area contributed by atoms with Gasteiger partial charge in [-0.1, -0.05) is 36.8 Å². The van der Waals surface area contributed by atoms with Crippen LogP contribution >= 0.6 is 0 Å². The van der Waals surface area contributed by atoms with Crippen LogP contribution in [-0.4, -0.2) is 57.9 Å². The monoisotopic (exact) mass is 322 g/mol. The van der Waals surface area contributed by atoms with Crippen LogP contribution in [0.1, 0.15) is 29.6 Å². The van der Waals surface area contributed by atoms with Crippen LogP contribution in [0, 0.1) is 0 Å². The smallest absolute Gasteiger partial charge is 0.257 e. The zero-order valence-corrected chi connectivity index (χ0v) is 13.8. The van der Waals surface area contributed by atoms with Crippen molar-refractivity contribution in [1.82, 2.24) is 19.8 Å². The lowest BCUT2D eigenvalue weighted by atomic mass is 9.99. The van der Waals surface area contributed by atoms with Crippen molar-refractivity contribution in [3.8, 4) is 11.4 Å². The highest BCUT2D eigenvalue weighted by molar-refractivity contribution is 5.93. The molecule has 0 spiro atoms. The van der Waals surface area contributed by atoms with Crippen LogP contribution in [0.5, 0.6) is 0 Å². The molecule has 0 N–H and O–H groups in total. The number of nitrogens with zero attached hydrogens (tertiary/aromatic N) is 4. The fourth-order valence-corrected chi connectivity index (χ4v) is 3.70. The predicted octanol–water partition coefficient (Wildman–Crippen LogP) is 2.45. The van der Waals surface area contributed by atoms with Crippen molar-refractivity contribution in [1.29, 1.82) is 0 Å². The second-order valence-electron chi connectivity index (χ2n) is 6.60. The molecule has 1 atom stereocenters. The summed E-state index contributed by atoms with van der Waals surface area (Å²) in [5, 5.41) is 0. The lowest BCUT2D eigenvalue weighted by Crippen LogP contribution is -2.56. The summed E-state index contributed by atoms with van der Waals surface area (Å²) in [4.78, 5) is 26.0. The van der Waals surface area contributed by atoms with Crippen LogP contribution in [0.3, 0.4) is 0 Å². The second kappa shape index (κ2) is 6.69. The van der Waals surface area contributed by atoms with Crippen molar-refractivity contribution < 1.29 is 4.79 Å². The third-order valence-electron chi connectivity index (χ3n) is 5.06. The first kappa shape index (κ1) is 15.3. The molecule has 2 saturated heterocycles. The first-order chi connectivity index (χ1) is 11.8. The molecule has 5 nitrogen and oxygen atoms in total. The zero-order chi connectivity index (χ0) is 16.4. The van der Waals surface area contributed by atoms with Gasteiger partial charge in [0.25, 0.3) is 5.91 Å². The van der Waals surface area contributed by atoms with Gasteiger partial charge in [0, 0.05) is 43.6 Å². The number of carbonyl (C=O) groups excluding carboxylic acids is 1. The van der Waals surface area contributed by atoms with Crippen molar-refractivity contribution in [3.63, 3.8) is 0 Å². The number of amides is 1. The van der Waals surface area contributed by atoms with E-state index >= 15 is 0 Å². The van der Waals surface area contributed by atoms with Gasteiger partial charge < -0.3 is 4.90 Å². The topological polar surface area (TPSA) is 49.3 Å². The number of piperazine rings is 1. The molecule has 4 rings (SSSR count). The molecule has 0 radical (unpaired) electrons. The van der Waals surface area contributed by atoms with Crippen LogP contribution in [-0.2, 0) is 0 Å². The molecule has 0 unspecified atom stereocenters. The Bertz CT molecular complexity index is 701. The van der Waals surface area contributed by atoms with Crippen molar-refractivity contribution in [2.45, 2.75) is 25.3 Å². The minimum Gasteiger partial charge on any atom is -0.336 e. The lowest BCUT2D eigenvalue weighted by molar-refractivity contribution is 0.0372. The molecule has 0 aliphatic carbocycles. The number of benzene rings is 1. The summed E-state index contributed by atoms with van der Waals surface area (Å²) >= 11 is 0. The number of fused-ring (bicyclic) bond motifs is 1. The molecule has 0 bridgehead atoms. The number of rotatable bonds is 2. The molecule has 5 heteroatoms. The molecule has 2 aliphatic rings. The van der Waals surface area contributed by atoms with Gasteiger partial charge in [0.15, 0.2) is 5.82 Å². The largest absolute Gasteiger partial charge is 0.336 e. The molecule has 3 heterocycles. The average molecular weight is 322 g/mol. The van der Waals surface area contributed by atoms with E-state index in [1.807, 2.05) is 35.2 Å². The number of hydrogen-bond donors (Lipinski definition) is 0. The number of aromatic nitrogens is 2. The van der Waals surface area contributed by atoms with E-state index in [0.717, 1.165) is 25.2 Å². The van der Waals surface area contributed by atoms with Gasteiger partial charge in [0.05, 0.1) is 5.56 Å². The second-order valence-corrected chi connectivity index (χ2v) is 6.60. The Morgan fingerprint density at radius 3 is 2.58 bits per heavy atom. The molecule has 124 valence electrons. The molecule has 2 aromatic rings. The summed E-state index contributed by atoms with van der Waals surface area (Å²) in [5.41, 5.74) is 1.55. The molecule has 1 amide bonds. The average Bonchev–Trinajstić information content (AvgIpc) is 2.68. The minimum atomic E-state index is 0.0554. The lowest BCUT2D eigenvalue weighted by Gasteiger charge is -2.44. The molecule has 24 heavy (non-hydrogen) atoms. The van der Waals surface area contributed by atoms with Crippen molar-refractivity contribution in [3.05, 3.63) is 48.3 Å². The normalized spacial score (nSPS) is 21.3. The number of hydrogen-bond acceptors (Lipinski definition) is 4. The molecule has 1 aromatic carbocycles. The van der Waals surface area contributed by atoms with E-state index in [0.29, 0.717) is 17.4 Å². The SMILES string of the molecule is O=C(c1cnc(-c2ccccc2)nc1)N1CCN2CCCC[C@@H]2C1. The van der Waals surface area contributed by atoms with Crippen LogP contribution in [0.4, 0.5) is 0 Å². The maximum absolute atomic E-state index is 12.7. The van der Waals surface area contributed by atoms with E-state index < -0.39 is 0 Å². The van der Waals surface area contributed by atoms with E-state index in [-0.39, 0.29) is 5.91 Å². The summed E-state index contributed by atoms with van der Waals surface area (Å²) in [7, 11) is 0. The van der Waals surface area contributed by atoms with E-state index in [2.05, 4.69) is 14.9 Å². The molecule has 0 saturated carbocycles. The highest BCUT2D eigenvalue weighted by Gasteiger charge is 2.31. The maximum atomic E-state index is 12.7. The standard InChI is InChI=1S/C19H22N4O/c24-19(23-11-10-22-9-5-4-8-17(22)14-23)16-12-20-18(21-13-16)15-6-2-1-3-7-15/h1-3,6-7,12-13,17H,4-5,8-11,14H2/t17-/m1/s1. The van der Waals surface area contributed by atoms with Gasteiger partial charge in [-0.2, -0.15) is 0 Å². The van der Waals surface area contributed by atoms with Gasteiger partial charge in [0.1, 0.15) is 0 Å². The molecular weight excluding hydrogens is 300 g/mol. The first-order valence-electron chi connectivity index (χ1n) is 8.72. The highest BCUT2D eigenvalue weighted by Crippen LogP contribution is 2.22. The summed E-state index contributed by atoms with van der Waals surface area (Å²) in [5.74, 6) is 0.712. The van der Waals surface area contributed by atoms with Gasteiger partial charge in [-0.05, 0) is 19.4 Å². The fraction of sp³-hybridized carbons (Fsp3) is 0.421. The van der Waals surface area contributed by atoms with Crippen molar-refractivity contribution in [2.75, 3.05) is 26.2 Å². The zero-order valence-electron chi connectivity index (χ0n) is 13.8. The van der Waals surface area contributed by atoms with E-state index in [9.17, 15) is 4.79 Å². The number of piperidine rings is 1. The van der Waals surface area contributed by atoms with Crippen LogP contribution in [0.2, 0.25) is 0 Å². The molecular formula is C19H22N4O. The van der Waals surface area contributed by atoms with Gasteiger partial charge in [-0.3, -0.25) is 9.69 Å². The highest BCUT2D eigenvalue weighted by atomic mass is 16.2. The van der Waals surface area contributed by atoms with E-state index in [1.165, 1.54) is 25.8 Å². The van der Waals surface area contributed by atoms with Gasteiger partial charge >= 0.3 is 0 Å². The van der Waals surface area contributed by atoms with Crippen molar-refractivity contribution >= 4 is 5.91 Å². The summed E-state index contributed by atoms with van der Waals surface area (Å²) in [6, 6.07) is 10.4. The Hall–Kier alpha value is -2.27. The Morgan fingerprint density at radius 2 is 1.79 bits per heavy atom. The summed E-state index contributed by atoms with van der Waals surface area (Å²) in [6.45, 7) is 3.80. The third kappa shape index (κ3) is 3.04. The molecule has 2 aliphatic heterocycles. The predicted molar refractivity (Wildman–Crippen MR) is 92.6 cm³/mol. The Balaban J connectivity index is 1.46. The van der Waals surface area contributed by atoms with Gasteiger partial charge in [-0.15, -0.1) is 0 Å². The minimum absolute atomic E-state index is 0.0554. The van der Waals surface area contributed by atoms with Crippen molar-refractivity contribution in [2.24, 2.45) is 0 Å². The Labute approximate surface area is 142 Å². The van der Waals surface area contributed by atoms with Gasteiger partial charge in [0.2, 0.25) is 0 Å². The fourth-order valence-electron chi connectivity index (χ4n) is 3.70. The number of carbonyl (C=O) groups is 1. The molecule has 2 fully saturated rings. The van der Waals surface area contributed by atoms with E-state index in [4.69, 9.17) is 0 Å². The third-order valence-corrected chi connectivity index (χ3v) is 5.06. The molecule has 1 aromatic heterocycles. The van der Waals surface area contributed by atoms with Crippen LogP contribution < -0.4 is 0 Å². The van der Waals surface area contributed by atoms with Gasteiger partial charge in [-0.25, -0.2) is 9.97 Å². The maximum Gasteiger partial charge on any atom is 0.257 e. The quantitative estimate of drug-likeness (QED) is 0.852. The summed E-state index contributed by atoms with van der Waals surface area (Å²) in [6.07, 6.45) is 7.08. The first-order valence-corrected chi connectivity index (χ1v) is 8.72. The summed E-state index contributed by atoms with van der Waals surface area (Å²) < 4.78 is 0.